The van der Waals surface area contributed by atoms with E-state index in [0.717, 1.165) is 6.42 Å². The summed E-state index contributed by atoms with van der Waals surface area (Å²) in [6.07, 6.45) is 1.25. The van der Waals surface area contributed by atoms with Gasteiger partial charge in [0.05, 0.1) is 5.52 Å². The van der Waals surface area contributed by atoms with Crippen LogP contribution in [0.1, 0.15) is 30.1 Å². The summed E-state index contributed by atoms with van der Waals surface area (Å²) in [5.41, 5.74) is 1.56. The van der Waals surface area contributed by atoms with Crippen LogP contribution in [0.2, 0.25) is 0 Å². The minimum atomic E-state index is -0.446. The van der Waals surface area contributed by atoms with E-state index in [0.29, 0.717) is 49.3 Å². The van der Waals surface area contributed by atoms with Crippen molar-refractivity contribution in [3.63, 3.8) is 0 Å². The molecule has 1 saturated heterocycles. The van der Waals surface area contributed by atoms with Crippen molar-refractivity contribution in [3.8, 4) is 0 Å². The molecule has 0 aliphatic carbocycles. The SMILES string of the molecule is CCC(=O)N1CCCN(C(=O)c2ccc3c(c2)oc(=O)n3C)CC1. The molecule has 0 spiro atoms. The molecule has 7 nitrogen and oxygen atoms in total. The average molecular weight is 331 g/mol. The predicted octanol–water partition coefficient (Wildman–Crippen LogP) is 1.22. The van der Waals surface area contributed by atoms with Crippen LogP contribution in [0.3, 0.4) is 0 Å². The van der Waals surface area contributed by atoms with Crippen LogP contribution in [0.4, 0.5) is 0 Å². The van der Waals surface area contributed by atoms with Gasteiger partial charge in [-0.05, 0) is 24.6 Å². The molecule has 7 heteroatoms. The molecule has 2 aromatic rings. The summed E-state index contributed by atoms with van der Waals surface area (Å²) in [6.45, 7) is 4.22. The third-order valence-corrected chi connectivity index (χ3v) is 4.48. The number of rotatable bonds is 2. The molecule has 2 heterocycles. The Bertz CT molecular complexity index is 836. The molecule has 0 unspecified atom stereocenters. The van der Waals surface area contributed by atoms with Gasteiger partial charge >= 0.3 is 5.76 Å². The molecule has 128 valence electrons. The second-order valence-corrected chi connectivity index (χ2v) is 5.99. The fourth-order valence-corrected chi connectivity index (χ4v) is 3.04. The maximum absolute atomic E-state index is 12.7. The van der Waals surface area contributed by atoms with Crippen molar-refractivity contribution in [3.05, 3.63) is 34.3 Å². The number of aromatic nitrogens is 1. The van der Waals surface area contributed by atoms with Gasteiger partial charge in [-0.1, -0.05) is 6.92 Å². The second-order valence-electron chi connectivity index (χ2n) is 5.99. The molecule has 1 fully saturated rings. The number of oxazole rings is 1. The quantitative estimate of drug-likeness (QED) is 0.829. The van der Waals surface area contributed by atoms with Crippen molar-refractivity contribution in [2.24, 2.45) is 7.05 Å². The van der Waals surface area contributed by atoms with E-state index >= 15 is 0 Å². The van der Waals surface area contributed by atoms with Crippen molar-refractivity contribution in [1.29, 1.82) is 0 Å². The van der Waals surface area contributed by atoms with Crippen molar-refractivity contribution in [2.75, 3.05) is 26.2 Å². The van der Waals surface area contributed by atoms with E-state index in [1.165, 1.54) is 4.57 Å². The molecule has 2 amide bonds. The van der Waals surface area contributed by atoms with E-state index in [-0.39, 0.29) is 11.8 Å². The lowest BCUT2D eigenvalue weighted by molar-refractivity contribution is -0.130. The molecule has 24 heavy (non-hydrogen) atoms. The van der Waals surface area contributed by atoms with Crippen LogP contribution in [0.5, 0.6) is 0 Å². The monoisotopic (exact) mass is 331 g/mol. The third-order valence-electron chi connectivity index (χ3n) is 4.48. The number of hydrogen-bond acceptors (Lipinski definition) is 4. The van der Waals surface area contributed by atoms with Crippen LogP contribution in [0.25, 0.3) is 11.1 Å². The van der Waals surface area contributed by atoms with Gasteiger partial charge in [0.1, 0.15) is 0 Å². The van der Waals surface area contributed by atoms with Crippen molar-refractivity contribution in [1.82, 2.24) is 14.4 Å². The Kier molecular flexibility index (Phi) is 4.42. The highest BCUT2D eigenvalue weighted by atomic mass is 16.4. The zero-order valence-electron chi connectivity index (χ0n) is 13.9. The first kappa shape index (κ1) is 16.3. The van der Waals surface area contributed by atoms with E-state index in [2.05, 4.69) is 0 Å². The molecule has 0 saturated carbocycles. The van der Waals surface area contributed by atoms with Crippen LogP contribution >= 0.6 is 0 Å². The van der Waals surface area contributed by atoms with E-state index in [4.69, 9.17) is 4.42 Å². The van der Waals surface area contributed by atoms with Crippen LogP contribution in [-0.4, -0.2) is 52.4 Å². The first-order valence-electron chi connectivity index (χ1n) is 8.18. The molecule has 0 atom stereocenters. The van der Waals surface area contributed by atoms with Crippen LogP contribution in [-0.2, 0) is 11.8 Å². The highest BCUT2D eigenvalue weighted by Gasteiger charge is 2.22. The summed E-state index contributed by atoms with van der Waals surface area (Å²) < 4.78 is 6.55. The molecule has 3 rings (SSSR count). The Hall–Kier alpha value is -2.57. The highest BCUT2D eigenvalue weighted by molar-refractivity contribution is 5.97. The lowest BCUT2D eigenvalue weighted by Gasteiger charge is -2.22. The number of amides is 2. The van der Waals surface area contributed by atoms with Crippen molar-refractivity contribution < 1.29 is 14.0 Å². The minimum Gasteiger partial charge on any atom is -0.408 e. The van der Waals surface area contributed by atoms with Gasteiger partial charge in [-0.2, -0.15) is 0 Å². The summed E-state index contributed by atoms with van der Waals surface area (Å²) >= 11 is 0. The normalized spacial score (nSPS) is 15.6. The second kappa shape index (κ2) is 6.51. The topological polar surface area (TPSA) is 75.8 Å². The average Bonchev–Trinajstić information content (AvgIpc) is 2.78. The lowest BCUT2D eigenvalue weighted by Crippen LogP contribution is -2.37. The summed E-state index contributed by atoms with van der Waals surface area (Å²) in [7, 11) is 1.63. The number of fused-ring (bicyclic) bond motifs is 1. The van der Waals surface area contributed by atoms with E-state index < -0.39 is 5.76 Å². The zero-order chi connectivity index (χ0) is 17.3. The van der Waals surface area contributed by atoms with Gasteiger partial charge in [0.2, 0.25) is 5.91 Å². The fraction of sp³-hybridized carbons (Fsp3) is 0.471. The zero-order valence-corrected chi connectivity index (χ0v) is 13.9. The minimum absolute atomic E-state index is 0.103. The Morgan fingerprint density at radius 1 is 1.12 bits per heavy atom. The van der Waals surface area contributed by atoms with Gasteiger partial charge in [-0.25, -0.2) is 4.79 Å². The van der Waals surface area contributed by atoms with Gasteiger partial charge in [0.15, 0.2) is 5.58 Å². The number of aryl methyl sites for hydroxylation is 1. The summed E-state index contributed by atoms with van der Waals surface area (Å²) in [5.74, 6) is -0.427. The Morgan fingerprint density at radius 3 is 2.58 bits per heavy atom. The largest absolute Gasteiger partial charge is 0.419 e. The molecular formula is C17H21N3O4. The molecule has 1 aromatic carbocycles. The lowest BCUT2D eigenvalue weighted by atomic mass is 10.1. The summed E-state index contributed by atoms with van der Waals surface area (Å²) in [6, 6.07) is 5.04. The van der Waals surface area contributed by atoms with Gasteiger partial charge in [-0.3, -0.25) is 14.2 Å². The van der Waals surface area contributed by atoms with E-state index in [9.17, 15) is 14.4 Å². The van der Waals surface area contributed by atoms with Crippen LogP contribution in [0, 0.1) is 0 Å². The Morgan fingerprint density at radius 2 is 1.83 bits per heavy atom. The Balaban J connectivity index is 1.79. The third kappa shape index (κ3) is 2.93. The molecule has 0 N–H and O–H groups in total. The molecule has 0 bridgehead atoms. The predicted molar refractivity (Wildman–Crippen MR) is 88.8 cm³/mol. The van der Waals surface area contributed by atoms with Crippen molar-refractivity contribution >= 4 is 22.9 Å². The molecule has 0 radical (unpaired) electrons. The van der Waals surface area contributed by atoms with Gasteiger partial charge < -0.3 is 14.2 Å². The number of carbonyl (C=O) groups excluding carboxylic acids is 2. The van der Waals surface area contributed by atoms with Crippen LogP contribution in [0.15, 0.2) is 27.4 Å². The Labute approximate surface area is 139 Å². The highest BCUT2D eigenvalue weighted by Crippen LogP contribution is 2.17. The molecule has 1 aromatic heterocycles. The van der Waals surface area contributed by atoms with Crippen molar-refractivity contribution in [2.45, 2.75) is 19.8 Å². The fourth-order valence-electron chi connectivity index (χ4n) is 3.04. The molecular weight excluding hydrogens is 310 g/mol. The van der Waals surface area contributed by atoms with Gasteiger partial charge in [0.25, 0.3) is 5.91 Å². The summed E-state index contributed by atoms with van der Waals surface area (Å²) in [5, 5.41) is 0. The smallest absolute Gasteiger partial charge is 0.408 e. The number of hydrogen-bond donors (Lipinski definition) is 0. The summed E-state index contributed by atoms with van der Waals surface area (Å²) in [4.78, 5) is 39.7. The first-order valence-corrected chi connectivity index (χ1v) is 8.18. The van der Waals surface area contributed by atoms with Gasteiger partial charge in [0, 0.05) is 45.2 Å². The maximum atomic E-state index is 12.7. The van der Waals surface area contributed by atoms with Gasteiger partial charge in [-0.15, -0.1) is 0 Å². The maximum Gasteiger partial charge on any atom is 0.419 e. The number of carbonyl (C=O) groups is 2. The number of nitrogens with zero attached hydrogens (tertiary/aromatic N) is 3. The standard InChI is InChI=1S/C17H21N3O4/c1-3-15(21)19-7-4-8-20(10-9-19)16(22)12-5-6-13-14(11-12)24-17(23)18(13)2/h5-6,11H,3-4,7-10H2,1-2H3. The molecule has 1 aliphatic rings. The van der Waals surface area contributed by atoms with E-state index in [1.54, 1.807) is 30.1 Å². The van der Waals surface area contributed by atoms with E-state index in [1.807, 2.05) is 11.8 Å². The number of benzene rings is 1. The van der Waals surface area contributed by atoms with Crippen LogP contribution < -0.4 is 5.76 Å². The molecule has 1 aliphatic heterocycles. The first-order chi connectivity index (χ1) is 11.5.